The van der Waals surface area contributed by atoms with Crippen molar-refractivity contribution in [2.75, 3.05) is 7.11 Å². The van der Waals surface area contributed by atoms with E-state index in [4.69, 9.17) is 9.15 Å². The molecule has 0 atom stereocenters. The fraction of sp³-hybridized carbons (Fsp3) is 0.0455. The summed E-state index contributed by atoms with van der Waals surface area (Å²) in [6.07, 6.45) is 1.79. The third-order valence-electron chi connectivity index (χ3n) is 4.05. The maximum atomic E-state index is 5.78. The van der Waals surface area contributed by atoms with Gasteiger partial charge in [0.25, 0.3) is 0 Å². The van der Waals surface area contributed by atoms with E-state index in [2.05, 4.69) is 15.2 Å². The molecule has 1 heterocycles. The van der Waals surface area contributed by atoms with Crippen LogP contribution in [0.4, 0.5) is 5.69 Å². The van der Waals surface area contributed by atoms with E-state index >= 15 is 0 Å². The lowest BCUT2D eigenvalue weighted by atomic mass is 10.2. The molecule has 132 valence electrons. The molecule has 4 aromatic rings. The number of hydrogen-bond donors (Lipinski definition) is 0. The predicted octanol–water partition coefficient (Wildman–Crippen LogP) is 5.16. The largest absolute Gasteiger partial charge is 0.496 e. The Labute approximate surface area is 157 Å². The van der Waals surface area contributed by atoms with E-state index in [1.165, 1.54) is 0 Å². The molecule has 0 radical (unpaired) electrons. The summed E-state index contributed by atoms with van der Waals surface area (Å²) in [5, 5.41) is 8.26. The normalized spacial score (nSPS) is 11.0. The Kier molecular flexibility index (Phi) is 4.74. The van der Waals surface area contributed by atoms with Gasteiger partial charge >= 0.3 is 0 Å². The summed E-state index contributed by atoms with van der Waals surface area (Å²) in [4.78, 5) is 4.50. The van der Waals surface area contributed by atoms with E-state index < -0.39 is 0 Å². The molecule has 0 spiro atoms. The van der Waals surface area contributed by atoms with Crippen molar-refractivity contribution in [2.45, 2.75) is 0 Å². The molecule has 0 N–H and O–H groups in total. The van der Waals surface area contributed by atoms with Crippen LogP contribution >= 0.6 is 0 Å². The number of aromatic nitrogens is 2. The van der Waals surface area contributed by atoms with Gasteiger partial charge in [-0.05, 0) is 48.5 Å². The first-order valence-electron chi connectivity index (χ1n) is 8.50. The number of benzene rings is 3. The number of hydrogen-bond acceptors (Lipinski definition) is 5. The monoisotopic (exact) mass is 355 g/mol. The highest BCUT2D eigenvalue weighted by Crippen LogP contribution is 2.25. The molecule has 0 saturated carbocycles. The summed E-state index contributed by atoms with van der Waals surface area (Å²) >= 11 is 0. The topological polar surface area (TPSA) is 60.5 Å². The Hall–Kier alpha value is -3.73. The summed E-state index contributed by atoms with van der Waals surface area (Å²) in [6, 6.07) is 25.1. The van der Waals surface area contributed by atoms with Gasteiger partial charge in [-0.15, -0.1) is 10.2 Å². The van der Waals surface area contributed by atoms with Crippen molar-refractivity contribution in [2.24, 2.45) is 4.99 Å². The standard InChI is InChI=1S/C22H17N3O2/c1-26-20-10-6-5-9-18(20)15-23-19-13-11-17(12-14-19)22-25-24-21(27-22)16-7-3-2-4-8-16/h2-15H,1H3. The third kappa shape index (κ3) is 3.77. The number of para-hydroxylation sites is 1. The van der Waals surface area contributed by atoms with Gasteiger partial charge in [0, 0.05) is 22.9 Å². The molecule has 0 fully saturated rings. The molecule has 0 bridgehead atoms. The van der Waals surface area contributed by atoms with Crippen LogP contribution in [0.25, 0.3) is 22.9 Å². The zero-order valence-electron chi connectivity index (χ0n) is 14.7. The van der Waals surface area contributed by atoms with E-state index in [1.807, 2.05) is 78.9 Å². The van der Waals surface area contributed by atoms with Crippen LogP contribution in [0.5, 0.6) is 5.75 Å². The smallest absolute Gasteiger partial charge is 0.248 e. The van der Waals surface area contributed by atoms with Crippen LogP contribution in [0.15, 0.2) is 88.3 Å². The Morgan fingerprint density at radius 2 is 1.41 bits per heavy atom. The average Bonchev–Trinajstić information content (AvgIpc) is 3.24. The second-order valence-corrected chi connectivity index (χ2v) is 5.83. The molecule has 0 amide bonds. The summed E-state index contributed by atoms with van der Waals surface area (Å²) in [5.41, 5.74) is 3.50. The number of aliphatic imine (C=N–C) groups is 1. The second kappa shape index (κ2) is 7.66. The van der Waals surface area contributed by atoms with Crippen molar-refractivity contribution in [3.63, 3.8) is 0 Å². The quantitative estimate of drug-likeness (QED) is 0.464. The fourth-order valence-electron chi connectivity index (χ4n) is 2.64. The molecule has 0 aliphatic rings. The first-order chi connectivity index (χ1) is 13.3. The third-order valence-corrected chi connectivity index (χ3v) is 4.05. The molecule has 5 nitrogen and oxygen atoms in total. The van der Waals surface area contributed by atoms with Crippen molar-refractivity contribution >= 4 is 11.9 Å². The molecule has 4 rings (SSSR count). The lowest BCUT2D eigenvalue weighted by molar-refractivity contribution is 0.414. The number of nitrogens with zero attached hydrogens (tertiary/aromatic N) is 3. The highest BCUT2D eigenvalue weighted by molar-refractivity contribution is 5.85. The van der Waals surface area contributed by atoms with E-state index in [9.17, 15) is 0 Å². The van der Waals surface area contributed by atoms with Crippen molar-refractivity contribution in [3.8, 4) is 28.7 Å². The highest BCUT2D eigenvalue weighted by atomic mass is 16.5. The van der Waals surface area contributed by atoms with Gasteiger partial charge in [-0.1, -0.05) is 30.3 Å². The van der Waals surface area contributed by atoms with Crippen molar-refractivity contribution in [1.82, 2.24) is 10.2 Å². The molecule has 5 heteroatoms. The molecule has 0 unspecified atom stereocenters. The minimum absolute atomic E-state index is 0.481. The van der Waals surface area contributed by atoms with E-state index in [0.717, 1.165) is 28.1 Å². The maximum absolute atomic E-state index is 5.78. The zero-order chi connectivity index (χ0) is 18.5. The molecule has 27 heavy (non-hydrogen) atoms. The first-order valence-corrected chi connectivity index (χ1v) is 8.50. The number of methoxy groups -OCH3 is 1. The van der Waals surface area contributed by atoms with Crippen molar-refractivity contribution in [3.05, 3.63) is 84.4 Å². The van der Waals surface area contributed by atoms with E-state index in [0.29, 0.717) is 11.8 Å². The van der Waals surface area contributed by atoms with Gasteiger partial charge in [0.15, 0.2) is 0 Å². The van der Waals surface area contributed by atoms with Crippen LogP contribution in [0, 0.1) is 0 Å². The lowest BCUT2D eigenvalue weighted by Crippen LogP contribution is -1.89. The zero-order valence-corrected chi connectivity index (χ0v) is 14.7. The number of rotatable bonds is 5. The van der Waals surface area contributed by atoms with Crippen LogP contribution in [0.1, 0.15) is 5.56 Å². The summed E-state index contributed by atoms with van der Waals surface area (Å²) in [5.74, 6) is 1.77. The van der Waals surface area contributed by atoms with Crippen LogP contribution in [-0.4, -0.2) is 23.5 Å². The second-order valence-electron chi connectivity index (χ2n) is 5.83. The molecule has 0 saturated heterocycles. The van der Waals surface area contributed by atoms with Crippen LogP contribution in [-0.2, 0) is 0 Å². The minimum Gasteiger partial charge on any atom is -0.496 e. The molecular weight excluding hydrogens is 338 g/mol. The minimum atomic E-state index is 0.481. The van der Waals surface area contributed by atoms with Crippen molar-refractivity contribution in [1.29, 1.82) is 0 Å². The van der Waals surface area contributed by atoms with Gasteiger partial charge in [0.05, 0.1) is 12.8 Å². The van der Waals surface area contributed by atoms with Gasteiger partial charge in [0.2, 0.25) is 11.8 Å². The predicted molar refractivity (Wildman–Crippen MR) is 105 cm³/mol. The van der Waals surface area contributed by atoms with Gasteiger partial charge in [0.1, 0.15) is 5.75 Å². The SMILES string of the molecule is COc1ccccc1C=Nc1ccc(-c2nnc(-c3ccccc3)o2)cc1. The molecule has 1 aromatic heterocycles. The highest BCUT2D eigenvalue weighted by Gasteiger charge is 2.10. The molecule has 0 aliphatic carbocycles. The fourth-order valence-corrected chi connectivity index (χ4v) is 2.64. The molecule has 0 aliphatic heterocycles. The Balaban J connectivity index is 1.53. The van der Waals surface area contributed by atoms with Crippen LogP contribution < -0.4 is 4.74 Å². The van der Waals surface area contributed by atoms with Crippen molar-refractivity contribution < 1.29 is 9.15 Å². The van der Waals surface area contributed by atoms with Crippen LogP contribution in [0.2, 0.25) is 0 Å². The Morgan fingerprint density at radius 1 is 0.778 bits per heavy atom. The van der Waals surface area contributed by atoms with E-state index in [-0.39, 0.29) is 0 Å². The van der Waals surface area contributed by atoms with E-state index in [1.54, 1.807) is 13.3 Å². The summed E-state index contributed by atoms with van der Waals surface area (Å²) in [7, 11) is 1.65. The molecule has 3 aromatic carbocycles. The van der Waals surface area contributed by atoms with Gasteiger partial charge in [-0.25, -0.2) is 0 Å². The first kappa shape index (κ1) is 16.7. The Bertz CT molecular complexity index is 1050. The summed E-state index contributed by atoms with van der Waals surface area (Å²) < 4.78 is 11.1. The number of ether oxygens (including phenoxy) is 1. The maximum Gasteiger partial charge on any atom is 0.248 e. The van der Waals surface area contributed by atoms with Gasteiger partial charge < -0.3 is 9.15 Å². The Morgan fingerprint density at radius 3 is 2.11 bits per heavy atom. The lowest BCUT2D eigenvalue weighted by Gasteiger charge is -2.03. The molecular formula is C22H17N3O2. The van der Waals surface area contributed by atoms with Gasteiger partial charge in [-0.3, -0.25) is 4.99 Å². The average molecular weight is 355 g/mol. The van der Waals surface area contributed by atoms with Crippen LogP contribution in [0.3, 0.4) is 0 Å². The van der Waals surface area contributed by atoms with Gasteiger partial charge in [-0.2, -0.15) is 0 Å². The summed E-state index contributed by atoms with van der Waals surface area (Å²) in [6.45, 7) is 0.